The smallest absolute Gasteiger partial charge is 0.0468 e. The quantitative estimate of drug-likeness (QED) is 0.134. The summed E-state index contributed by atoms with van der Waals surface area (Å²) in [5.41, 5.74) is 18.8. The van der Waals surface area contributed by atoms with Crippen LogP contribution in [0.3, 0.4) is 0 Å². The molecule has 8 aromatic rings. The van der Waals surface area contributed by atoms with Crippen molar-refractivity contribution in [2.75, 3.05) is 10.2 Å². The molecule has 0 fully saturated rings. The molecule has 0 bridgehead atoms. The van der Waals surface area contributed by atoms with Crippen molar-refractivity contribution in [3.05, 3.63) is 208 Å². The highest BCUT2D eigenvalue weighted by Crippen LogP contribution is 2.38. The number of hydrogen-bond acceptors (Lipinski definition) is 2. The second kappa shape index (κ2) is 14.3. The van der Waals surface area contributed by atoms with Gasteiger partial charge in [0.15, 0.2) is 0 Å². The highest BCUT2D eigenvalue weighted by atomic mass is 15.1. The van der Waals surface area contributed by atoms with Crippen LogP contribution in [-0.4, -0.2) is 0 Å². The molecule has 0 unspecified atom stereocenters. The second-order valence-corrected chi connectivity index (χ2v) is 15.8. The number of nitrogens with zero attached hydrogens (tertiary/aromatic N) is 1. The zero-order valence-corrected chi connectivity index (χ0v) is 31.6. The average molecular weight is 711 g/mol. The van der Waals surface area contributed by atoms with Crippen molar-refractivity contribution in [1.82, 2.24) is 0 Å². The molecular formula is C53H46N2. The summed E-state index contributed by atoms with van der Waals surface area (Å²) < 4.78 is 0. The van der Waals surface area contributed by atoms with Crippen LogP contribution in [-0.2, 0) is 51.4 Å². The Kier molecular flexibility index (Phi) is 8.68. The van der Waals surface area contributed by atoms with E-state index in [2.05, 4.69) is 175 Å². The van der Waals surface area contributed by atoms with Crippen LogP contribution in [0.1, 0.15) is 50.1 Å². The van der Waals surface area contributed by atoms with Gasteiger partial charge in [0, 0.05) is 28.4 Å². The van der Waals surface area contributed by atoms with E-state index in [0.29, 0.717) is 0 Å². The van der Waals surface area contributed by atoms with Gasteiger partial charge in [0.1, 0.15) is 0 Å². The highest BCUT2D eigenvalue weighted by molar-refractivity contribution is 6.09. The number of nitrogens with one attached hydrogen (secondary N) is 1. The lowest BCUT2D eigenvalue weighted by Gasteiger charge is -2.26. The molecule has 8 aromatic carbocycles. The maximum absolute atomic E-state index is 3.65. The summed E-state index contributed by atoms with van der Waals surface area (Å²) in [5, 5.41) is 8.64. The molecule has 2 aliphatic carbocycles. The first-order valence-corrected chi connectivity index (χ1v) is 20.1. The third-order valence-electron chi connectivity index (χ3n) is 12.1. The number of rotatable bonds is 11. The van der Waals surface area contributed by atoms with Crippen molar-refractivity contribution in [3.63, 3.8) is 0 Å². The topological polar surface area (TPSA) is 15.3 Å². The molecule has 0 saturated carbocycles. The highest BCUT2D eigenvalue weighted by Gasteiger charge is 2.16. The predicted molar refractivity (Wildman–Crippen MR) is 233 cm³/mol. The number of anilines is 5. The summed E-state index contributed by atoms with van der Waals surface area (Å²) in [5.74, 6) is 0. The van der Waals surface area contributed by atoms with E-state index >= 15 is 0 Å². The molecule has 0 saturated heterocycles. The Morgan fingerprint density at radius 3 is 1.40 bits per heavy atom. The molecule has 0 spiro atoms. The average Bonchev–Trinajstić information content (AvgIpc) is 3.19. The van der Waals surface area contributed by atoms with Crippen molar-refractivity contribution >= 4 is 50.0 Å². The Labute approximate surface area is 325 Å². The number of aryl methyl sites for hydroxylation is 9. The standard InChI is InChI=1S/C53H46N2/c1-36-2-25-49(26-3-36)55(50-27-12-38(13-28-50)5-7-40-9-15-42-17-19-44(42)33-40)51-29-31-53-46(35-51)21-20-45-34-48(24-30-52(45)53)54-47-22-10-37(11-23-47)4-6-39-8-14-41-16-18-43(41)32-39/h2-3,8-15,20-35,54H,4-7,16-19H2,1H3. The van der Waals surface area contributed by atoms with E-state index in [-0.39, 0.29) is 0 Å². The van der Waals surface area contributed by atoms with Gasteiger partial charge in [-0.2, -0.15) is 0 Å². The molecule has 2 heteroatoms. The molecule has 55 heavy (non-hydrogen) atoms. The van der Waals surface area contributed by atoms with Crippen LogP contribution in [0.15, 0.2) is 158 Å². The normalized spacial score (nSPS) is 12.8. The molecule has 2 aliphatic rings. The van der Waals surface area contributed by atoms with Gasteiger partial charge < -0.3 is 10.2 Å². The molecule has 268 valence electrons. The van der Waals surface area contributed by atoms with Crippen molar-refractivity contribution in [2.45, 2.75) is 58.3 Å². The molecule has 0 aliphatic heterocycles. The van der Waals surface area contributed by atoms with Crippen LogP contribution in [0.4, 0.5) is 28.4 Å². The van der Waals surface area contributed by atoms with Crippen molar-refractivity contribution < 1.29 is 0 Å². The van der Waals surface area contributed by atoms with Gasteiger partial charge in [-0.25, -0.2) is 0 Å². The molecule has 0 radical (unpaired) electrons. The van der Waals surface area contributed by atoms with Crippen LogP contribution in [0.2, 0.25) is 0 Å². The van der Waals surface area contributed by atoms with Gasteiger partial charge in [-0.3, -0.25) is 0 Å². The third-order valence-corrected chi connectivity index (χ3v) is 12.1. The molecule has 0 heterocycles. The zero-order chi connectivity index (χ0) is 36.7. The van der Waals surface area contributed by atoms with Crippen molar-refractivity contribution in [3.8, 4) is 0 Å². The Bertz CT molecular complexity index is 2670. The molecule has 0 atom stereocenters. The number of hydrogen-bond donors (Lipinski definition) is 1. The molecule has 2 nitrogen and oxygen atoms in total. The van der Waals surface area contributed by atoms with Crippen LogP contribution in [0.5, 0.6) is 0 Å². The maximum atomic E-state index is 3.65. The van der Waals surface area contributed by atoms with Gasteiger partial charge in [-0.15, -0.1) is 0 Å². The lowest BCUT2D eigenvalue weighted by atomic mass is 9.86. The maximum Gasteiger partial charge on any atom is 0.0468 e. The minimum Gasteiger partial charge on any atom is -0.356 e. The van der Waals surface area contributed by atoms with Gasteiger partial charge in [0.2, 0.25) is 0 Å². The number of benzene rings is 8. The minimum atomic E-state index is 1.05. The number of fused-ring (bicyclic) bond motifs is 5. The van der Waals surface area contributed by atoms with Gasteiger partial charge in [-0.05, 0) is 185 Å². The van der Waals surface area contributed by atoms with Gasteiger partial charge >= 0.3 is 0 Å². The second-order valence-electron chi connectivity index (χ2n) is 15.8. The minimum absolute atomic E-state index is 1.05. The molecular weight excluding hydrogens is 665 g/mol. The zero-order valence-electron chi connectivity index (χ0n) is 31.6. The Morgan fingerprint density at radius 1 is 0.382 bits per heavy atom. The first-order valence-electron chi connectivity index (χ1n) is 20.1. The first kappa shape index (κ1) is 33.4. The molecule has 0 aromatic heterocycles. The molecule has 10 rings (SSSR count). The largest absolute Gasteiger partial charge is 0.356 e. The fourth-order valence-electron chi connectivity index (χ4n) is 8.53. The summed E-state index contributed by atoms with van der Waals surface area (Å²) in [6.07, 6.45) is 9.26. The Morgan fingerprint density at radius 2 is 0.836 bits per heavy atom. The van der Waals surface area contributed by atoms with Crippen LogP contribution >= 0.6 is 0 Å². The van der Waals surface area contributed by atoms with Gasteiger partial charge in [0.05, 0.1) is 0 Å². The van der Waals surface area contributed by atoms with Crippen molar-refractivity contribution in [2.24, 2.45) is 0 Å². The van der Waals surface area contributed by atoms with E-state index in [0.717, 1.165) is 48.4 Å². The fraction of sp³-hybridized carbons (Fsp3) is 0.170. The van der Waals surface area contributed by atoms with Crippen LogP contribution in [0, 0.1) is 6.92 Å². The summed E-state index contributed by atoms with van der Waals surface area (Å²) >= 11 is 0. The van der Waals surface area contributed by atoms with Gasteiger partial charge in [-0.1, -0.05) is 103 Å². The van der Waals surface area contributed by atoms with E-state index in [1.807, 2.05) is 0 Å². The third kappa shape index (κ3) is 6.90. The van der Waals surface area contributed by atoms with E-state index in [4.69, 9.17) is 0 Å². The molecule has 1 N–H and O–H groups in total. The fourth-order valence-corrected chi connectivity index (χ4v) is 8.53. The van der Waals surface area contributed by atoms with Crippen molar-refractivity contribution in [1.29, 1.82) is 0 Å². The monoisotopic (exact) mass is 710 g/mol. The summed E-state index contributed by atoms with van der Waals surface area (Å²) in [6.45, 7) is 2.15. The first-order chi connectivity index (χ1) is 27.1. The van der Waals surface area contributed by atoms with E-state index in [1.165, 1.54) is 91.9 Å². The molecule has 0 amide bonds. The predicted octanol–water partition coefficient (Wildman–Crippen LogP) is 13.3. The lowest BCUT2D eigenvalue weighted by Crippen LogP contribution is -2.10. The summed E-state index contributed by atoms with van der Waals surface area (Å²) in [6, 6.07) is 59.3. The SMILES string of the molecule is Cc1ccc(N(c2ccc(CCc3ccc4c(c3)CC4)cc2)c2ccc3c(ccc4cc(Nc5ccc(CCc6ccc7c(c6)CC7)cc5)ccc43)c2)cc1. The summed E-state index contributed by atoms with van der Waals surface area (Å²) in [4.78, 5) is 2.38. The lowest BCUT2D eigenvalue weighted by molar-refractivity contribution is 0.828. The van der Waals surface area contributed by atoms with E-state index < -0.39 is 0 Å². The van der Waals surface area contributed by atoms with E-state index in [9.17, 15) is 0 Å². The van der Waals surface area contributed by atoms with Crippen LogP contribution < -0.4 is 10.2 Å². The van der Waals surface area contributed by atoms with Crippen LogP contribution in [0.25, 0.3) is 21.5 Å². The Balaban J connectivity index is 0.862. The Hall–Kier alpha value is -6.12. The van der Waals surface area contributed by atoms with E-state index in [1.54, 1.807) is 11.1 Å². The van der Waals surface area contributed by atoms with Gasteiger partial charge in [0.25, 0.3) is 0 Å². The summed E-state index contributed by atoms with van der Waals surface area (Å²) in [7, 11) is 0.